The highest BCUT2D eigenvalue weighted by atomic mass is 19.4. The second-order valence-corrected chi connectivity index (χ2v) is 33.4. The Morgan fingerprint density at radius 3 is 0.831 bits per heavy atom. The van der Waals surface area contributed by atoms with Crippen molar-refractivity contribution in [3.63, 3.8) is 0 Å². The third kappa shape index (κ3) is 42.3. The highest BCUT2D eigenvalue weighted by molar-refractivity contribution is 5.57. The number of aryl methyl sites for hydroxylation is 8. The monoisotopic (exact) mass is 1970 g/mol. The predicted molar refractivity (Wildman–Crippen MR) is 487 cm³/mol. The lowest BCUT2D eigenvalue weighted by atomic mass is 10.1. The molecule has 8 aromatic carbocycles. The lowest BCUT2D eigenvalue weighted by Crippen LogP contribution is -2.34. The van der Waals surface area contributed by atoms with Crippen LogP contribution in [0.1, 0.15) is 141 Å². The number of alkyl halides is 24. The number of halogens is 24. The van der Waals surface area contributed by atoms with Gasteiger partial charge < -0.3 is 69.0 Å². The van der Waals surface area contributed by atoms with E-state index in [0.29, 0.717) is 99.6 Å². The summed E-state index contributed by atoms with van der Waals surface area (Å²) in [5, 5.41) is 9.32. The molecule has 0 saturated carbocycles. The Labute approximate surface area is 782 Å². The molecule has 14 nitrogen and oxygen atoms in total. The van der Waals surface area contributed by atoms with Gasteiger partial charge in [0.05, 0.1) is 44.5 Å². The molecule has 0 bridgehead atoms. The maximum atomic E-state index is 12.5. The van der Waals surface area contributed by atoms with Crippen molar-refractivity contribution in [1.82, 2.24) is 30.7 Å². The van der Waals surface area contributed by atoms with Crippen molar-refractivity contribution < 1.29 is 129 Å². The van der Waals surface area contributed by atoms with Crippen molar-refractivity contribution in [3.8, 4) is 28.7 Å². The van der Waals surface area contributed by atoms with E-state index in [1.165, 1.54) is 60.7 Å². The standard InChI is InChI=1S/C13H19F3N2.2C13H16F3NO.2C12H16F3NO.C12H14F3N.C12H16F3N.C11H14F3NO/c1-10-9-11(13(14,15)16)5-6-12(10)18(4)8-7-17(2)3;2*1-9-8-10(13(14,15)16)2-3-12(9)18-11-4-6-17-7-5-11;2*1-9-8-10(12(13,14)15)4-5-11(9)17-7-6-16(2)3;1-9-8-10(12(13,14)15)4-5-11(9)16-6-2-3-7-16;1-4-16(5-2)11-7-6-10(8-9(11)3)12(13,14)15;1-8-7-9(11(12,13)14)3-4-10(8)16-6-5-15-2/h5-6,9H,7-8H2,1-4H3;2*2-3,8,11,17H,4-7H2,1H3;2*4-5,8H,6-7H2,1-3H3;4-5,8H,2-3,6-7H2,1H3;6-8H,4-5H2,1-3H3;3-4,7,15H,5-6H2,1-2H3. The van der Waals surface area contributed by atoms with Crippen molar-refractivity contribution in [1.29, 1.82) is 0 Å². The molecule has 3 saturated heterocycles. The number of nitrogens with zero attached hydrogens (tertiary/aromatic N) is 6. The van der Waals surface area contributed by atoms with Gasteiger partial charge in [-0.05, 0) is 373 Å². The van der Waals surface area contributed by atoms with Crippen LogP contribution in [0.5, 0.6) is 28.7 Å². The maximum absolute atomic E-state index is 12.5. The van der Waals surface area contributed by atoms with Crippen molar-refractivity contribution in [2.24, 2.45) is 0 Å². The number of piperidine rings is 2. The van der Waals surface area contributed by atoms with Crippen LogP contribution in [-0.4, -0.2) is 188 Å². The third-order valence-corrected chi connectivity index (χ3v) is 21.3. The number of likely N-dealkylation sites (N-methyl/N-ethyl adjacent to an activating group) is 5. The van der Waals surface area contributed by atoms with E-state index in [4.69, 9.17) is 23.7 Å². The fraction of sp³-hybridized carbons (Fsp3) is 0.510. The van der Waals surface area contributed by atoms with Crippen molar-refractivity contribution >= 4 is 17.1 Å². The van der Waals surface area contributed by atoms with Crippen molar-refractivity contribution in [2.75, 3.05) is 176 Å². The van der Waals surface area contributed by atoms with Gasteiger partial charge >= 0.3 is 49.4 Å². The molecule has 0 spiro atoms. The van der Waals surface area contributed by atoms with E-state index in [-0.39, 0.29) is 12.2 Å². The quantitative estimate of drug-likeness (QED) is 0.0395. The number of anilines is 3. The Morgan fingerprint density at radius 1 is 0.316 bits per heavy atom. The van der Waals surface area contributed by atoms with E-state index < -0.39 is 93.9 Å². The first-order chi connectivity index (χ1) is 63.1. The van der Waals surface area contributed by atoms with Gasteiger partial charge in [0.15, 0.2) is 0 Å². The molecule has 3 N–H and O–H groups in total. The van der Waals surface area contributed by atoms with Gasteiger partial charge in [-0.2, -0.15) is 105 Å². The fourth-order valence-corrected chi connectivity index (χ4v) is 13.6. The fourth-order valence-electron chi connectivity index (χ4n) is 13.6. The number of hydrogen-bond acceptors (Lipinski definition) is 14. The van der Waals surface area contributed by atoms with Crippen molar-refractivity contribution in [3.05, 3.63) is 235 Å². The first-order valence-corrected chi connectivity index (χ1v) is 43.9. The van der Waals surface area contributed by atoms with E-state index in [9.17, 15) is 105 Å². The predicted octanol–water partition coefficient (Wildman–Crippen LogP) is 25.3. The largest absolute Gasteiger partial charge is 0.492 e. The van der Waals surface area contributed by atoms with E-state index >= 15 is 0 Å². The zero-order chi connectivity index (χ0) is 103. The summed E-state index contributed by atoms with van der Waals surface area (Å²) in [5.41, 5.74) is 2.29. The van der Waals surface area contributed by atoms with Crippen LogP contribution in [0.4, 0.5) is 122 Å². The Bertz CT molecular complexity index is 4640. The van der Waals surface area contributed by atoms with E-state index in [0.717, 1.165) is 207 Å². The zero-order valence-corrected chi connectivity index (χ0v) is 79.9. The number of benzene rings is 8. The lowest BCUT2D eigenvalue weighted by molar-refractivity contribution is -0.138. The minimum Gasteiger partial charge on any atom is -0.492 e. The molecule has 0 radical (unpaired) electrons. The van der Waals surface area contributed by atoms with Crippen molar-refractivity contribution in [2.45, 2.75) is 169 Å². The second-order valence-electron chi connectivity index (χ2n) is 33.4. The molecule has 3 aliphatic rings. The zero-order valence-electron chi connectivity index (χ0n) is 79.9. The van der Waals surface area contributed by atoms with Gasteiger partial charge in [-0.25, -0.2) is 0 Å². The summed E-state index contributed by atoms with van der Waals surface area (Å²) in [6.45, 7) is 29.4. The van der Waals surface area contributed by atoms with Gasteiger partial charge in [0, 0.05) is 83.0 Å². The maximum Gasteiger partial charge on any atom is 0.416 e. The van der Waals surface area contributed by atoms with Gasteiger partial charge in [0.1, 0.15) is 60.8 Å². The molecule has 762 valence electrons. The minimum atomic E-state index is -4.30. The Kier molecular flexibility index (Phi) is 47.6. The molecule has 3 fully saturated rings. The first kappa shape index (κ1) is 119. The van der Waals surface area contributed by atoms with Crippen LogP contribution in [0.3, 0.4) is 0 Å². The van der Waals surface area contributed by atoms with Crippen LogP contribution >= 0.6 is 0 Å². The molecule has 3 heterocycles. The Morgan fingerprint density at radius 2 is 0.574 bits per heavy atom. The number of ether oxygens (including phenoxy) is 5. The number of nitrogens with one attached hydrogen (secondary N) is 3. The normalized spacial score (nSPS) is 14.0. The number of rotatable bonds is 24. The molecule has 0 amide bonds. The summed E-state index contributed by atoms with van der Waals surface area (Å²) in [5.74, 6) is 2.59. The van der Waals surface area contributed by atoms with Gasteiger partial charge in [-0.3, -0.25) is 0 Å². The SMILES string of the molecule is CCN(CC)c1ccc(C(F)(F)F)cc1C.CNCCOc1ccc(C(F)(F)F)cc1C.Cc1cc(C(F)(F)F)ccc1N(C)CCN(C)C.Cc1cc(C(F)(F)F)ccc1N1CCCC1.Cc1cc(C(F)(F)F)ccc1OC1CCNCC1.Cc1cc(C(F)(F)F)ccc1OC1CCNCC1.Cc1cc(C(F)(F)F)ccc1OCCN(C)C.Cc1cc(C(F)(F)F)ccc1OCCN(C)C. The summed E-state index contributed by atoms with van der Waals surface area (Å²) < 4.78 is 327. The molecular weight excluding hydrogens is 1840 g/mol. The van der Waals surface area contributed by atoms with E-state index in [2.05, 4.69) is 20.9 Å². The average Bonchev–Trinajstić information content (AvgIpc) is 1.44. The van der Waals surface area contributed by atoms with Crippen LogP contribution in [0.2, 0.25) is 0 Å². The molecule has 0 aromatic heterocycles. The van der Waals surface area contributed by atoms with Crippen LogP contribution < -0.4 is 54.3 Å². The smallest absolute Gasteiger partial charge is 0.416 e. The summed E-state index contributed by atoms with van der Waals surface area (Å²) in [7, 11) is 15.2. The molecule has 0 unspecified atom stereocenters. The summed E-state index contributed by atoms with van der Waals surface area (Å²) in [6.07, 6.45) is -28.2. The third-order valence-electron chi connectivity index (χ3n) is 21.3. The van der Waals surface area contributed by atoms with Crippen LogP contribution in [-0.2, 0) is 49.4 Å². The summed E-state index contributed by atoms with van der Waals surface area (Å²) >= 11 is 0. The molecule has 3 aliphatic heterocycles. The minimum absolute atomic E-state index is 0.0988. The van der Waals surface area contributed by atoms with Gasteiger partial charge in [-0.15, -0.1) is 0 Å². The van der Waals surface area contributed by atoms with Crippen LogP contribution in [0.25, 0.3) is 0 Å². The van der Waals surface area contributed by atoms with Crippen LogP contribution in [0.15, 0.2) is 146 Å². The first-order valence-electron chi connectivity index (χ1n) is 43.9. The highest BCUT2D eigenvalue weighted by Crippen LogP contribution is 2.41. The van der Waals surface area contributed by atoms with E-state index in [1.54, 1.807) is 74.6 Å². The lowest BCUT2D eigenvalue weighted by Gasteiger charge is -2.24. The molecule has 8 aromatic rings. The molecule has 38 heteroatoms. The number of hydrogen-bond donors (Lipinski definition) is 3. The van der Waals surface area contributed by atoms with Gasteiger partial charge in [0.2, 0.25) is 0 Å². The molecule has 0 aliphatic carbocycles. The summed E-state index contributed by atoms with van der Waals surface area (Å²) in [6, 6.07) is 29.5. The molecule has 11 rings (SSSR count). The highest BCUT2D eigenvalue weighted by Gasteiger charge is 2.38. The Hall–Kier alpha value is -9.76. The van der Waals surface area contributed by atoms with Gasteiger partial charge in [0.25, 0.3) is 0 Å². The average molecular weight is 1970 g/mol. The second kappa shape index (κ2) is 54.6. The van der Waals surface area contributed by atoms with Gasteiger partial charge in [-0.1, -0.05) is 0 Å². The molecule has 0 atom stereocenters. The molecular formula is C98H127F24N9O5. The Balaban J connectivity index is 0.000000325. The molecule has 136 heavy (non-hydrogen) atoms. The van der Waals surface area contributed by atoms with Crippen LogP contribution in [0, 0.1) is 55.4 Å². The van der Waals surface area contributed by atoms with E-state index in [1.807, 2.05) is 87.7 Å². The topological polar surface area (TPSA) is 102 Å². The summed E-state index contributed by atoms with van der Waals surface area (Å²) in [4.78, 5) is 12.1.